The Kier molecular flexibility index (Phi) is 5.33. The van der Waals surface area contributed by atoms with Crippen LogP contribution in [0.3, 0.4) is 0 Å². The van der Waals surface area contributed by atoms with Gasteiger partial charge in [-0.05, 0) is 76.4 Å². The smallest absolute Gasteiger partial charge is 0.104 e. The molecule has 1 aliphatic carbocycles. The molecule has 1 aliphatic heterocycles. The normalized spacial score (nSPS) is 24.5. The van der Waals surface area contributed by atoms with Crippen LogP contribution in [0.1, 0.15) is 66.2 Å². The van der Waals surface area contributed by atoms with E-state index in [-0.39, 0.29) is 5.54 Å². The van der Waals surface area contributed by atoms with Gasteiger partial charge in [0, 0.05) is 6.04 Å². The first-order valence-electron chi connectivity index (χ1n) is 8.74. The number of nitrogens with one attached hydrogen (secondary N) is 1. The van der Waals surface area contributed by atoms with Gasteiger partial charge in [-0.1, -0.05) is 20.8 Å². The molecule has 1 N–H and O–H groups in total. The highest BCUT2D eigenvalue weighted by Gasteiger charge is 2.32. The molecule has 0 aromatic heterocycles. The molecule has 0 amide bonds. The molecule has 0 radical (unpaired) electrons. The summed E-state index contributed by atoms with van der Waals surface area (Å²) in [6.45, 7) is 12.8. The molecular formula is C18H33N3. The average molecular weight is 291 g/mol. The maximum atomic E-state index is 9.40. The van der Waals surface area contributed by atoms with Gasteiger partial charge in [0.25, 0.3) is 0 Å². The van der Waals surface area contributed by atoms with Crippen molar-refractivity contribution in [1.82, 2.24) is 10.2 Å². The van der Waals surface area contributed by atoms with Gasteiger partial charge in [-0.2, -0.15) is 5.26 Å². The van der Waals surface area contributed by atoms with E-state index in [1.807, 2.05) is 0 Å². The van der Waals surface area contributed by atoms with Gasteiger partial charge in [-0.25, -0.2) is 0 Å². The minimum absolute atomic E-state index is 0.315. The van der Waals surface area contributed by atoms with Crippen molar-refractivity contribution >= 4 is 0 Å². The van der Waals surface area contributed by atoms with E-state index in [2.05, 4.69) is 44.0 Å². The molecule has 0 aromatic rings. The van der Waals surface area contributed by atoms with Crippen LogP contribution in [0.4, 0.5) is 0 Å². The van der Waals surface area contributed by atoms with Crippen molar-refractivity contribution in [3.63, 3.8) is 0 Å². The average Bonchev–Trinajstić information content (AvgIpc) is 3.22. The quantitative estimate of drug-likeness (QED) is 0.813. The van der Waals surface area contributed by atoms with E-state index in [4.69, 9.17) is 0 Å². The van der Waals surface area contributed by atoms with Gasteiger partial charge in [0.1, 0.15) is 5.54 Å². The highest BCUT2D eigenvalue weighted by atomic mass is 15.1. The Labute approximate surface area is 131 Å². The molecule has 0 aromatic carbocycles. The Morgan fingerprint density at radius 1 is 1.10 bits per heavy atom. The maximum Gasteiger partial charge on any atom is 0.104 e. The van der Waals surface area contributed by atoms with Gasteiger partial charge < -0.3 is 4.90 Å². The molecule has 3 heteroatoms. The minimum atomic E-state index is -0.315. The van der Waals surface area contributed by atoms with Crippen molar-refractivity contribution in [3.8, 4) is 6.07 Å². The van der Waals surface area contributed by atoms with Gasteiger partial charge >= 0.3 is 0 Å². The summed E-state index contributed by atoms with van der Waals surface area (Å²) in [4.78, 5) is 2.59. The van der Waals surface area contributed by atoms with Crippen LogP contribution in [0.5, 0.6) is 0 Å². The van der Waals surface area contributed by atoms with E-state index in [9.17, 15) is 5.26 Å². The largest absolute Gasteiger partial charge is 0.303 e. The maximum absolute atomic E-state index is 9.40. The number of likely N-dealkylation sites (tertiary alicyclic amines) is 1. The molecule has 21 heavy (non-hydrogen) atoms. The predicted molar refractivity (Wildman–Crippen MR) is 88.0 cm³/mol. The fourth-order valence-corrected chi connectivity index (χ4v) is 3.52. The van der Waals surface area contributed by atoms with E-state index in [1.165, 1.54) is 38.8 Å². The zero-order valence-corrected chi connectivity index (χ0v) is 14.4. The lowest BCUT2D eigenvalue weighted by atomic mass is 9.75. The summed E-state index contributed by atoms with van der Waals surface area (Å²) in [6, 6.07) is 3.09. The van der Waals surface area contributed by atoms with E-state index in [0.717, 1.165) is 25.3 Å². The van der Waals surface area contributed by atoms with Crippen LogP contribution in [0.25, 0.3) is 0 Å². The molecule has 1 atom stereocenters. The third-order valence-electron chi connectivity index (χ3n) is 5.31. The van der Waals surface area contributed by atoms with Crippen LogP contribution in [0.15, 0.2) is 0 Å². The zero-order valence-electron chi connectivity index (χ0n) is 14.4. The summed E-state index contributed by atoms with van der Waals surface area (Å²) < 4.78 is 0. The van der Waals surface area contributed by atoms with Gasteiger partial charge in [-0.15, -0.1) is 0 Å². The molecule has 0 spiro atoms. The van der Waals surface area contributed by atoms with Crippen molar-refractivity contribution in [1.29, 1.82) is 5.26 Å². The third kappa shape index (κ3) is 5.27. The second-order valence-corrected chi connectivity index (χ2v) is 8.45. The van der Waals surface area contributed by atoms with Crippen LogP contribution >= 0.6 is 0 Å². The Balaban J connectivity index is 1.66. The first-order valence-corrected chi connectivity index (χ1v) is 8.74. The first kappa shape index (κ1) is 16.8. The third-order valence-corrected chi connectivity index (χ3v) is 5.31. The number of nitriles is 1. The van der Waals surface area contributed by atoms with Gasteiger partial charge in [0.05, 0.1) is 6.07 Å². The monoisotopic (exact) mass is 291 g/mol. The van der Waals surface area contributed by atoms with E-state index in [1.54, 1.807) is 0 Å². The van der Waals surface area contributed by atoms with Gasteiger partial charge in [0.15, 0.2) is 0 Å². The number of nitrogens with zero attached hydrogens (tertiary/aromatic N) is 2. The standard InChI is InChI=1S/C18H33N3/c1-17(2,3)15-8-12-21(13-9-15)11-5-10-18(4,14-19)20-16-6-7-16/h15-16,20H,5-13H2,1-4H3. The van der Waals surface area contributed by atoms with E-state index >= 15 is 0 Å². The fourth-order valence-electron chi connectivity index (χ4n) is 3.52. The Morgan fingerprint density at radius 3 is 2.19 bits per heavy atom. The minimum Gasteiger partial charge on any atom is -0.303 e. The number of hydrogen-bond acceptors (Lipinski definition) is 3. The lowest BCUT2D eigenvalue weighted by Gasteiger charge is -2.39. The lowest BCUT2D eigenvalue weighted by Crippen LogP contribution is -2.43. The molecule has 2 aliphatic rings. The van der Waals surface area contributed by atoms with Gasteiger partial charge in [-0.3, -0.25) is 5.32 Å². The SMILES string of the molecule is CC(C#N)(CCCN1CCC(C(C)(C)C)CC1)NC1CC1. The lowest BCUT2D eigenvalue weighted by molar-refractivity contribution is 0.110. The molecule has 3 nitrogen and oxygen atoms in total. The van der Waals surface area contributed by atoms with Gasteiger partial charge in [0.2, 0.25) is 0 Å². The summed E-state index contributed by atoms with van der Waals surface area (Å²) in [6.07, 6.45) is 7.26. The number of hydrogen-bond donors (Lipinski definition) is 1. The van der Waals surface area contributed by atoms with Crippen LogP contribution in [0.2, 0.25) is 0 Å². The molecule has 1 saturated heterocycles. The summed E-state index contributed by atoms with van der Waals surface area (Å²) in [5.41, 5.74) is 0.143. The molecule has 0 bridgehead atoms. The van der Waals surface area contributed by atoms with E-state index < -0.39 is 0 Å². The van der Waals surface area contributed by atoms with Crippen LogP contribution < -0.4 is 5.32 Å². The van der Waals surface area contributed by atoms with Crippen LogP contribution in [0, 0.1) is 22.7 Å². The van der Waals surface area contributed by atoms with Crippen molar-refractivity contribution in [2.75, 3.05) is 19.6 Å². The molecule has 1 unspecified atom stereocenters. The molecule has 1 saturated carbocycles. The number of piperidine rings is 1. The number of rotatable bonds is 6. The molecule has 2 rings (SSSR count). The van der Waals surface area contributed by atoms with Crippen molar-refractivity contribution in [2.45, 2.75) is 77.8 Å². The summed E-state index contributed by atoms with van der Waals surface area (Å²) in [5, 5.41) is 12.9. The Morgan fingerprint density at radius 2 is 1.71 bits per heavy atom. The second kappa shape index (κ2) is 6.67. The molecule has 2 fully saturated rings. The molecular weight excluding hydrogens is 258 g/mol. The first-order chi connectivity index (χ1) is 9.82. The molecule has 120 valence electrons. The summed E-state index contributed by atoms with van der Waals surface area (Å²) in [5.74, 6) is 0.870. The highest BCUT2D eigenvalue weighted by Crippen LogP contribution is 2.34. The zero-order chi connectivity index (χ0) is 15.5. The van der Waals surface area contributed by atoms with E-state index in [0.29, 0.717) is 11.5 Å². The second-order valence-electron chi connectivity index (χ2n) is 8.45. The van der Waals surface area contributed by atoms with Crippen molar-refractivity contribution in [3.05, 3.63) is 0 Å². The fraction of sp³-hybridized carbons (Fsp3) is 0.944. The highest BCUT2D eigenvalue weighted by molar-refractivity contribution is 5.07. The topological polar surface area (TPSA) is 39.1 Å². The molecule has 1 heterocycles. The summed E-state index contributed by atoms with van der Waals surface area (Å²) >= 11 is 0. The van der Waals surface area contributed by atoms with Crippen molar-refractivity contribution in [2.24, 2.45) is 11.3 Å². The van der Waals surface area contributed by atoms with Crippen molar-refractivity contribution < 1.29 is 0 Å². The van der Waals surface area contributed by atoms with Crippen LogP contribution in [-0.4, -0.2) is 36.1 Å². The predicted octanol–water partition coefficient (Wildman–Crippen LogP) is 3.56. The Bertz CT molecular complexity index is 367. The van der Waals surface area contributed by atoms with Crippen LogP contribution in [-0.2, 0) is 0 Å². The summed E-state index contributed by atoms with van der Waals surface area (Å²) in [7, 11) is 0. The Hall–Kier alpha value is -0.590.